The Morgan fingerprint density at radius 1 is 1.23 bits per heavy atom. The van der Waals surface area contributed by atoms with Crippen molar-refractivity contribution in [3.05, 3.63) is 35.4 Å². The van der Waals surface area contributed by atoms with E-state index >= 15 is 0 Å². The largest absolute Gasteiger partial charge is 0.416 e. The Morgan fingerprint density at radius 3 is 2.36 bits per heavy atom. The second-order valence-corrected chi connectivity index (χ2v) is 5.12. The van der Waals surface area contributed by atoms with Gasteiger partial charge in [-0.3, -0.25) is 4.99 Å². The normalized spacial score (nSPS) is 15.2. The molecule has 7 heteroatoms. The fourth-order valence-electron chi connectivity index (χ4n) is 1.90. The van der Waals surface area contributed by atoms with Crippen LogP contribution in [0.3, 0.4) is 0 Å². The Kier molecular flexibility index (Phi) is 7.44. The zero-order valence-corrected chi connectivity index (χ0v) is 14.7. The molecular weight excluding hydrogens is 406 g/mol. The van der Waals surface area contributed by atoms with E-state index < -0.39 is 11.7 Å². The van der Waals surface area contributed by atoms with Crippen molar-refractivity contribution in [2.75, 3.05) is 13.1 Å². The van der Waals surface area contributed by atoms with Gasteiger partial charge in [0.25, 0.3) is 0 Å². The van der Waals surface area contributed by atoms with Gasteiger partial charge in [0.2, 0.25) is 0 Å². The number of hydrogen-bond acceptors (Lipinski definition) is 1. The highest BCUT2D eigenvalue weighted by molar-refractivity contribution is 14.0. The maximum atomic E-state index is 12.5. The van der Waals surface area contributed by atoms with Crippen LogP contribution in [0.15, 0.2) is 29.3 Å². The van der Waals surface area contributed by atoms with Gasteiger partial charge in [0.1, 0.15) is 0 Å². The Morgan fingerprint density at radius 2 is 1.86 bits per heavy atom. The van der Waals surface area contributed by atoms with Gasteiger partial charge in [-0.1, -0.05) is 12.1 Å². The first-order valence-corrected chi connectivity index (χ1v) is 7.20. The first kappa shape index (κ1) is 19.1. The van der Waals surface area contributed by atoms with Crippen LogP contribution in [0, 0.1) is 0 Å². The molecule has 2 rings (SSSR count). The van der Waals surface area contributed by atoms with E-state index in [1.54, 1.807) is 0 Å². The molecule has 1 aromatic rings. The molecule has 1 aliphatic carbocycles. The van der Waals surface area contributed by atoms with E-state index in [-0.39, 0.29) is 24.0 Å². The molecule has 2 N–H and O–H groups in total. The number of alkyl halides is 3. The van der Waals surface area contributed by atoms with Crippen molar-refractivity contribution in [2.45, 2.75) is 38.4 Å². The standard InChI is InChI=1S/C15H20F3N3.HI/c1-2-19-14(21-13-7-8-13)20-10-9-11-3-5-12(6-4-11)15(16,17)18;/h3-6,13H,2,7-10H2,1H3,(H2,19,20,21);1H. The van der Waals surface area contributed by atoms with Crippen LogP contribution in [0.4, 0.5) is 13.2 Å². The van der Waals surface area contributed by atoms with Crippen molar-refractivity contribution in [3.8, 4) is 0 Å². The zero-order chi connectivity index (χ0) is 15.3. The molecule has 1 aliphatic rings. The molecule has 1 fully saturated rings. The number of aliphatic imine (C=N–C) groups is 1. The van der Waals surface area contributed by atoms with Gasteiger partial charge in [-0.2, -0.15) is 13.2 Å². The molecule has 0 amide bonds. The third-order valence-electron chi connectivity index (χ3n) is 3.21. The van der Waals surface area contributed by atoms with Gasteiger partial charge in [0.05, 0.1) is 5.56 Å². The van der Waals surface area contributed by atoms with Gasteiger partial charge in [-0.25, -0.2) is 0 Å². The van der Waals surface area contributed by atoms with E-state index in [0.29, 0.717) is 19.0 Å². The molecule has 1 aromatic carbocycles. The topological polar surface area (TPSA) is 36.4 Å². The summed E-state index contributed by atoms with van der Waals surface area (Å²) < 4.78 is 37.4. The lowest BCUT2D eigenvalue weighted by atomic mass is 10.1. The Labute approximate surface area is 145 Å². The van der Waals surface area contributed by atoms with Crippen LogP contribution in [-0.2, 0) is 12.6 Å². The van der Waals surface area contributed by atoms with Crippen molar-refractivity contribution in [3.63, 3.8) is 0 Å². The summed E-state index contributed by atoms with van der Waals surface area (Å²) in [4.78, 5) is 4.43. The second-order valence-electron chi connectivity index (χ2n) is 5.12. The lowest BCUT2D eigenvalue weighted by molar-refractivity contribution is -0.137. The molecule has 0 aromatic heterocycles. The Bertz CT molecular complexity index is 482. The van der Waals surface area contributed by atoms with Gasteiger partial charge in [-0.15, -0.1) is 24.0 Å². The van der Waals surface area contributed by atoms with Crippen LogP contribution in [0.2, 0.25) is 0 Å². The van der Waals surface area contributed by atoms with E-state index in [1.165, 1.54) is 25.0 Å². The minimum absolute atomic E-state index is 0. The summed E-state index contributed by atoms with van der Waals surface area (Å²) in [5.41, 5.74) is 0.243. The molecule has 0 atom stereocenters. The third-order valence-corrected chi connectivity index (χ3v) is 3.21. The van der Waals surface area contributed by atoms with Crippen LogP contribution >= 0.6 is 24.0 Å². The highest BCUT2D eigenvalue weighted by atomic mass is 127. The van der Waals surface area contributed by atoms with E-state index in [4.69, 9.17) is 0 Å². The van der Waals surface area contributed by atoms with Crippen molar-refractivity contribution in [1.29, 1.82) is 0 Å². The molecule has 0 bridgehead atoms. The zero-order valence-electron chi connectivity index (χ0n) is 12.4. The number of halogens is 4. The minimum Gasteiger partial charge on any atom is -0.357 e. The number of nitrogens with zero attached hydrogens (tertiary/aromatic N) is 1. The number of benzene rings is 1. The smallest absolute Gasteiger partial charge is 0.357 e. The second kappa shape index (κ2) is 8.59. The molecule has 0 unspecified atom stereocenters. The summed E-state index contributed by atoms with van der Waals surface area (Å²) in [6.07, 6.45) is -1.31. The first-order chi connectivity index (χ1) is 9.99. The number of nitrogens with one attached hydrogen (secondary N) is 2. The van der Waals surface area contributed by atoms with Crippen molar-refractivity contribution in [2.24, 2.45) is 4.99 Å². The van der Waals surface area contributed by atoms with E-state index in [9.17, 15) is 13.2 Å². The molecule has 0 spiro atoms. The monoisotopic (exact) mass is 427 g/mol. The van der Waals surface area contributed by atoms with Crippen LogP contribution in [-0.4, -0.2) is 25.1 Å². The van der Waals surface area contributed by atoms with Gasteiger partial charge in [0.15, 0.2) is 5.96 Å². The highest BCUT2D eigenvalue weighted by Gasteiger charge is 2.29. The molecule has 3 nitrogen and oxygen atoms in total. The van der Waals surface area contributed by atoms with E-state index in [2.05, 4.69) is 15.6 Å². The van der Waals surface area contributed by atoms with E-state index in [0.717, 1.165) is 30.2 Å². The minimum atomic E-state index is -4.27. The molecule has 0 saturated heterocycles. The predicted octanol–water partition coefficient (Wildman–Crippen LogP) is 3.58. The Balaban J connectivity index is 0.00000242. The maximum Gasteiger partial charge on any atom is 0.416 e. The molecule has 22 heavy (non-hydrogen) atoms. The molecule has 124 valence electrons. The van der Waals surface area contributed by atoms with Gasteiger partial charge in [-0.05, 0) is 43.9 Å². The van der Waals surface area contributed by atoms with E-state index in [1.807, 2.05) is 6.92 Å². The highest BCUT2D eigenvalue weighted by Crippen LogP contribution is 2.29. The third kappa shape index (κ3) is 6.41. The summed E-state index contributed by atoms with van der Waals surface area (Å²) in [6.45, 7) is 3.34. The van der Waals surface area contributed by atoms with Crippen LogP contribution < -0.4 is 10.6 Å². The van der Waals surface area contributed by atoms with Gasteiger partial charge < -0.3 is 10.6 Å². The van der Waals surface area contributed by atoms with Crippen molar-refractivity contribution < 1.29 is 13.2 Å². The summed E-state index contributed by atoms with van der Waals surface area (Å²) in [6, 6.07) is 5.78. The average Bonchev–Trinajstić information content (AvgIpc) is 3.22. The molecule has 0 aliphatic heterocycles. The summed E-state index contributed by atoms with van der Waals surface area (Å²) in [5, 5.41) is 6.46. The van der Waals surface area contributed by atoms with Gasteiger partial charge in [0, 0.05) is 19.1 Å². The fraction of sp³-hybridized carbons (Fsp3) is 0.533. The average molecular weight is 427 g/mol. The first-order valence-electron chi connectivity index (χ1n) is 7.20. The fourth-order valence-corrected chi connectivity index (χ4v) is 1.90. The van der Waals surface area contributed by atoms with Crippen LogP contribution in [0.25, 0.3) is 0 Å². The van der Waals surface area contributed by atoms with Crippen molar-refractivity contribution in [1.82, 2.24) is 10.6 Å². The van der Waals surface area contributed by atoms with Gasteiger partial charge >= 0.3 is 6.18 Å². The quantitative estimate of drug-likeness (QED) is 0.428. The number of hydrogen-bond donors (Lipinski definition) is 2. The Hall–Kier alpha value is -0.990. The molecule has 1 saturated carbocycles. The molecule has 0 heterocycles. The predicted molar refractivity (Wildman–Crippen MR) is 92.7 cm³/mol. The molecular formula is C15H21F3IN3. The summed E-state index contributed by atoms with van der Waals surface area (Å²) in [5.74, 6) is 0.784. The van der Waals surface area contributed by atoms with Crippen molar-refractivity contribution >= 4 is 29.9 Å². The van der Waals surface area contributed by atoms with Crippen LogP contribution in [0.1, 0.15) is 30.9 Å². The number of rotatable bonds is 5. The van der Waals surface area contributed by atoms with Crippen LogP contribution in [0.5, 0.6) is 0 Å². The summed E-state index contributed by atoms with van der Waals surface area (Å²) in [7, 11) is 0. The SMILES string of the molecule is CCNC(=NCCc1ccc(C(F)(F)F)cc1)NC1CC1.I. The molecule has 0 radical (unpaired) electrons. The summed E-state index contributed by atoms with van der Waals surface area (Å²) >= 11 is 0. The lowest BCUT2D eigenvalue weighted by Crippen LogP contribution is -2.38. The maximum absolute atomic E-state index is 12.5. The number of guanidine groups is 1. The lowest BCUT2D eigenvalue weighted by Gasteiger charge is -2.10.